The molecule has 3 N–H and O–H groups in total. The van der Waals surface area contributed by atoms with Gasteiger partial charge >= 0.3 is 0 Å². The summed E-state index contributed by atoms with van der Waals surface area (Å²) in [4.78, 5) is 46.6. The normalized spacial score (nSPS) is 11.0. The monoisotopic (exact) mass is 641 g/mol. The molecule has 0 spiro atoms. The number of furan rings is 1. The van der Waals surface area contributed by atoms with Crippen LogP contribution < -0.4 is 20.9 Å². The highest BCUT2D eigenvalue weighted by Crippen LogP contribution is 2.44. The number of ether oxygens (including phenoxy) is 1. The molecule has 0 aliphatic heterocycles. The highest BCUT2D eigenvalue weighted by atomic mass is 19.1. The number of nitrogens with one attached hydrogen (secondary N) is 3. The van der Waals surface area contributed by atoms with E-state index in [0.29, 0.717) is 50.6 Å². The van der Waals surface area contributed by atoms with Gasteiger partial charge in [-0.2, -0.15) is 5.10 Å². The van der Waals surface area contributed by atoms with Crippen molar-refractivity contribution in [3.63, 3.8) is 0 Å². The van der Waals surface area contributed by atoms with Crippen molar-refractivity contribution in [2.45, 2.75) is 6.92 Å². The zero-order valence-corrected chi connectivity index (χ0v) is 25.1. The quantitative estimate of drug-likeness (QED) is 0.168. The van der Waals surface area contributed by atoms with E-state index in [2.05, 4.69) is 30.8 Å². The van der Waals surface area contributed by atoms with Gasteiger partial charge in [0.1, 0.15) is 34.6 Å². The Kier molecular flexibility index (Phi) is 7.75. The Hall–Kier alpha value is -6.89. The Balaban J connectivity index is 1.18. The van der Waals surface area contributed by atoms with Crippen molar-refractivity contribution in [2.75, 3.05) is 10.6 Å². The summed E-state index contributed by atoms with van der Waals surface area (Å²) in [6.07, 6.45) is 6.14. The number of fused-ring (bicyclic) bond motifs is 1. The molecule has 2 amide bonds. The third-order valence-corrected chi connectivity index (χ3v) is 7.31. The number of aromatic nitrogens is 5. The topological polar surface area (TPSA) is 157 Å². The fourth-order valence-electron chi connectivity index (χ4n) is 5.18. The average molecular weight is 642 g/mol. The van der Waals surface area contributed by atoms with Gasteiger partial charge in [0.15, 0.2) is 0 Å². The second-order valence-electron chi connectivity index (χ2n) is 10.6. The van der Waals surface area contributed by atoms with Gasteiger partial charge in [-0.05, 0) is 78.4 Å². The highest BCUT2D eigenvalue weighted by Gasteiger charge is 2.24. The van der Waals surface area contributed by atoms with Crippen molar-refractivity contribution < 1.29 is 23.1 Å². The molecule has 7 aromatic rings. The third-order valence-electron chi connectivity index (χ3n) is 7.31. The second kappa shape index (κ2) is 12.5. The van der Waals surface area contributed by atoms with Gasteiger partial charge in [-0.3, -0.25) is 24.0 Å². The number of hydrogen-bond donors (Lipinski definition) is 3. The van der Waals surface area contributed by atoms with Crippen LogP contribution in [0, 0.1) is 5.82 Å². The van der Waals surface area contributed by atoms with E-state index in [9.17, 15) is 18.8 Å². The van der Waals surface area contributed by atoms with Gasteiger partial charge in [0, 0.05) is 41.9 Å². The number of H-pyrrole nitrogens is 1. The summed E-state index contributed by atoms with van der Waals surface area (Å²) in [6, 6.07) is 22.2. The zero-order chi connectivity index (χ0) is 33.2. The van der Waals surface area contributed by atoms with E-state index in [0.717, 1.165) is 0 Å². The van der Waals surface area contributed by atoms with E-state index in [4.69, 9.17) is 9.15 Å². The predicted molar refractivity (Wildman–Crippen MR) is 176 cm³/mol. The lowest BCUT2D eigenvalue weighted by Crippen LogP contribution is -2.27. The molecule has 0 saturated carbocycles. The lowest BCUT2D eigenvalue weighted by molar-refractivity contribution is -0.114. The minimum atomic E-state index is -0.612. The van der Waals surface area contributed by atoms with Crippen molar-refractivity contribution in [2.24, 2.45) is 0 Å². The molecular formula is C35H24FN7O5. The molecule has 0 fully saturated rings. The number of nitrogens with zero attached hydrogens (tertiary/aromatic N) is 4. The summed E-state index contributed by atoms with van der Waals surface area (Å²) in [6.45, 7) is 1.43. The molecule has 0 aliphatic rings. The molecule has 0 aliphatic carbocycles. The van der Waals surface area contributed by atoms with Crippen LogP contribution in [0.3, 0.4) is 0 Å². The van der Waals surface area contributed by atoms with Crippen LogP contribution in [0.1, 0.15) is 17.3 Å². The van der Waals surface area contributed by atoms with E-state index in [1.165, 1.54) is 54.3 Å². The van der Waals surface area contributed by atoms with Crippen LogP contribution in [0.25, 0.3) is 39.2 Å². The minimum Gasteiger partial charge on any atom is -0.438 e. The third kappa shape index (κ3) is 5.90. The molecule has 0 saturated heterocycles. The van der Waals surface area contributed by atoms with Crippen LogP contribution in [0.15, 0.2) is 119 Å². The highest BCUT2D eigenvalue weighted by molar-refractivity contribution is 6.05. The first-order valence-corrected chi connectivity index (χ1v) is 14.6. The molecule has 4 heterocycles. The molecule has 48 heavy (non-hydrogen) atoms. The summed E-state index contributed by atoms with van der Waals surface area (Å²) < 4.78 is 27.0. The standard InChI is InChI=1S/C35H24FN7O5/c1-20(44)41-25-5-2-4-21(16-25)29-30-33(37-19-38-34(30)48-31(29)22-17-39-40-18-22)47-27-13-9-24(10-14-27)42-32(45)28-6-3-15-43(35(28)46)26-11-7-23(36)8-12-26/h2-19H,1H3,(H,39,40)(H,41,44)(H,42,45). The van der Waals surface area contributed by atoms with Gasteiger partial charge in [0.05, 0.1) is 11.8 Å². The van der Waals surface area contributed by atoms with Gasteiger partial charge in [-0.1, -0.05) is 12.1 Å². The largest absolute Gasteiger partial charge is 0.438 e. The van der Waals surface area contributed by atoms with Gasteiger partial charge in [-0.15, -0.1) is 0 Å². The van der Waals surface area contributed by atoms with Gasteiger partial charge < -0.3 is 19.8 Å². The maximum absolute atomic E-state index is 13.4. The molecule has 0 atom stereocenters. The van der Waals surface area contributed by atoms with Crippen molar-refractivity contribution in [1.29, 1.82) is 0 Å². The molecule has 236 valence electrons. The van der Waals surface area contributed by atoms with E-state index >= 15 is 0 Å². The number of carbonyl (C=O) groups excluding carboxylic acids is 2. The fraction of sp³-hybridized carbons (Fsp3) is 0.0286. The zero-order valence-electron chi connectivity index (χ0n) is 25.1. The Labute approximate surface area is 270 Å². The number of anilines is 2. The van der Waals surface area contributed by atoms with Gasteiger partial charge in [-0.25, -0.2) is 14.4 Å². The van der Waals surface area contributed by atoms with Crippen LogP contribution in [-0.2, 0) is 4.79 Å². The molecule has 4 aromatic heterocycles. The van der Waals surface area contributed by atoms with Crippen LogP contribution in [-0.4, -0.2) is 36.5 Å². The first-order valence-electron chi connectivity index (χ1n) is 14.6. The van der Waals surface area contributed by atoms with Crippen LogP contribution in [0.5, 0.6) is 11.6 Å². The van der Waals surface area contributed by atoms with Crippen molar-refractivity contribution in [1.82, 2.24) is 24.7 Å². The Morgan fingerprint density at radius 2 is 1.73 bits per heavy atom. The van der Waals surface area contributed by atoms with E-state index in [-0.39, 0.29) is 23.1 Å². The summed E-state index contributed by atoms with van der Waals surface area (Å²) in [5.74, 6) is -0.177. The van der Waals surface area contributed by atoms with Gasteiger partial charge in [0.25, 0.3) is 11.5 Å². The lowest BCUT2D eigenvalue weighted by Gasteiger charge is -2.10. The van der Waals surface area contributed by atoms with E-state index in [1.54, 1.807) is 48.8 Å². The van der Waals surface area contributed by atoms with Gasteiger partial charge in [0.2, 0.25) is 17.5 Å². The number of aromatic amines is 1. The second-order valence-corrected chi connectivity index (χ2v) is 10.6. The number of halogens is 1. The lowest BCUT2D eigenvalue weighted by atomic mass is 10.0. The smallest absolute Gasteiger partial charge is 0.267 e. The summed E-state index contributed by atoms with van der Waals surface area (Å²) in [7, 11) is 0. The molecule has 0 radical (unpaired) electrons. The van der Waals surface area contributed by atoms with E-state index in [1.807, 2.05) is 18.2 Å². The van der Waals surface area contributed by atoms with Crippen LogP contribution >= 0.6 is 0 Å². The van der Waals surface area contributed by atoms with Crippen LogP contribution in [0.4, 0.5) is 15.8 Å². The van der Waals surface area contributed by atoms with E-state index < -0.39 is 17.3 Å². The minimum absolute atomic E-state index is 0.0889. The maximum atomic E-state index is 13.4. The number of benzene rings is 3. The molecule has 12 nitrogen and oxygen atoms in total. The van der Waals surface area contributed by atoms with Crippen LogP contribution in [0.2, 0.25) is 0 Å². The molecular weight excluding hydrogens is 617 g/mol. The van der Waals surface area contributed by atoms with Crippen molar-refractivity contribution >= 4 is 34.3 Å². The Morgan fingerprint density at radius 3 is 2.48 bits per heavy atom. The Bertz CT molecular complexity index is 2350. The summed E-state index contributed by atoms with van der Waals surface area (Å²) >= 11 is 0. The molecule has 0 bridgehead atoms. The summed E-state index contributed by atoms with van der Waals surface area (Å²) in [5, 5.41) is 12.9. The first-order chi connectivity index (χ1) is 23.3. The van der Waals surface area contributed by atoms with Crippen molar-refractivity contribution in [3.05, 3.63) is 132 Å². The number of rotatable bonds is 8. The molecule has 7 rings (SSSR count). The van der Waals surface area contributed by atoms with Crippen molar-refractivity contribution in [3.8, 4) is 39.8 Å². The molecule has 13 heteroatoms. The number of pyridine rings is 1. The average Bonchev–Trinajstić information content (AvgIpc) is 3.75. The fourth-order valence-corrected chi connectivity index (χ4v) is 5.18. The predicted octanol–water partition coefficient (Wildman–Crippen LogP) is 6.57. The maximum Gasteiger partial charge on any atom is 0.267 e. The number of carbonyl (C=O) groups is 2. The number of hydrogen-bond acceptors (Lipinski definition) is 8. The summed E-state index contributed by atoms with van der Waals surface area (Å²) in [5.41, 5.74) is 3.08. The SMILES string of the molecule is CC(=O)Nc1cccc(-c2c(-c3cn[nH]c3)oc3ncnc(Oc4ccc(NC(=O)c5cccn(-c6ccc(F)cc6)c5=O)cc4)c23)c1. The first kappa shape index (κ1) is 29.8. The molecule has 0 unspecified atom stereocenters. The molecule has 3 aromatic carbocycles. The number of amides is 2. The Morgan fingerprint density at radius 1 is 0.917 bits per heavy atom.